The van der Waals surface area contributed by atoms with Crippen LogP contribution in [-0.2, 0) is 0 Å². The smallest absolute Gasteiger partial charge is 0.308 e. The topological polar surface area (TPSA) is 57.0 Å². The van der Waals surface area contributed by atoms with Gasteiger partial charge in [-0.2, -0.15) is 9.49 Å². The van der Waals surface area contributed by atoms with Gasteiger partial charge < -0.3 is 4.90 Å². The van der Waals surface area contributed by atoms with E-state index in [0.717, 1.165) is 43.2 Å². The molecular formula is C22H29FN6. The zero-order valence-corrected chi connectivity index (χ0v) is 17.1. The number of likely N-dealkylation sites (tertiary alicyclic amines) is 1. The third-order valence-corrected chi connectivity index (χ3v) is 6.04. The van der Waals surface area contributed by atoms with Crippen LogP contribution in [0, 0.1) is 12.0 Å². The molecular weight excluding hydrogens is 367 g/mol. The summed E-state index contributed by atoms with van der Waals surface area (Å²) >= 11 is 0. The van der Waals surface area contributed by atoms with E-state index in [4.69, 9.17) is 10.1 Å². The standard InChI is InChI=1S/C22H29FN6/c1-16(18-9-5-3-6-10-18)27-29-15-20(19-13-24-22(23)25-14-19)26-21(17(29)2)28-11-7-4-8-12-28/h13-15,18H,2-12H2,1H3/b27-16+. The summed E-state index contributed by atoms with van der Waals surface area (Å²) in [6.07, 6.45) is 13.9. The second-order valence-electron chi connectivity index (χ2n) is 8.11. The molecule has 7 heteroatoms. The maximum Gasteiger partial charge on any atom is 0.308 e. The second-order valence-corrected chi connectivity index (χ2v) is 8.11. The first-order chi connectivity index (χ1) is 14.1. The number of aliphatic imine (C=N–C) groups is 1. The number of nitrogens with zero attached hydrogens (tertiary/aromatic N) is 6. The molecule has 1 aliphatic carbocycles. The number of hydrazone groups is 1. The average Bonchev–Trinajstić information content (AvgIpc) is 2.77. The summed E-state index contributed by atoms with van der Waals surface area (Å²) in [4.78, 5) is 14.5. The molecule has 0 bridgehead atoms. The van der Waals surface area contributed by atoms with Gasteiger partial charge in [0.2, 0.25) is 0 Å². The summed E-state index contributed by atoms with van der Waals surface area (Å²) in [6, 6.07) is 0. The van der Waals surface area contributed by atoms with Gasteiger partial charge in [-0.3, -0.25) is 0 Å². The Morgan fingerprint density at radius 1 is 1.07 bits per heavy atom. The van der Waals surface area contributed by atoms with E-state index >= 15 is 0 Å². The van der Waals surface area contributed by atoms with Crippen LogP contribution in [0.1, 0.15) is 63.9 Å². The number of halogens is 1. The molecule has 0 radical (unpaired) electrons. The van der Waals surface area contributed by atoms with Crippen molar-refractivity contribution in [3.63, 3.8) is 0 Å². The largest absolute Gasteiger partial charge is 0.355 e. The summed E-state index contributed by atoms with van der Waals surface area (Å²) in [5.74, 6) is 1.37. The van der Waals surface area contributed by atoms with Crippen molar-refractivity contribution in [2.45, 2.75) is 58.3 Å². The van der Waals surface area contributed by atoms with Crippen molar-refractivity contribution in [1.29, 1.82) is 0 Å². The second kappa shape index (κ2) is 8.84. The number of amidine groups is 1. The Morgan fingerprint density at radius 3 is 2.41 bits per heavy atom. The molecule has 1 saturated carbocycles. The fourth-order valence-corrected chi connectivity index (χ4v) is 4.31. The van der Waals surface area contributed by atoms with Gasteiger partial charge in [0.05, 0.1) is 17.6 Å². The lowest BCUT2D eigenvalue weighted by Gasteiger charge is -2.35. The van der Waals surface area contributed by atoms with Gasteiger partial charge >= 0.3 is 6.08 Å². The molecule has 1 aromatic heterocycles. The van der Waals surface area contributed by atoms with Gasteiger partial charge in [-0.1, -0.05) is 25.8 Å². The van der Waals surface area contributed by atoms with Crippen LogP contribution < -0.4 is 0 Å². The highest BCUT2D eigenvalue weighted by molar-refractivity contribution is 6.02. The molecule has 2 fully saturated rings. The number of rotatable bonds is 3. The van der Waals surface area contributed by atoms with Crippen molar-refractivity contribution >= 4 is 17.2 Å². The molecule has 0 aromatic carbocycles. The Bertz CT molecular complexity index is 829. The van der Waals surface area contributed by atoms with Crippen molar-refractivity contribution in [2.24, 2.45) is 16.0 Å². The van der Waals surface area contributed by atoms with E-state index in [-0.39, 0.29) is 0 Å². The number of hydrogen-bond acceptors (Lipinski definition) is 6. The zero-order chi connectivity index (χ0) is 20.2. The first kappa shape index (κ1) is 19.7. The highest BCUT2D eigenvalue weighted by atomic mass is 19.1. The molecule has 0 amide bonds. The van der Waals surface area contributed by atoms with Gasteiger partial charge in [0.1, 0.15) is 0 Å². The molecule has 2 aliphatic heterocycles. The molecule has 0 N–H and O–H groups in total. The number of aromatic nitrogens is 2. The molecule has 29 heavy (non-hydrogen) atoms. The lowest BCUT2D eigenvalue weighted by atomic mass is 9.86. The first-order valence-corrected chi connectivity index (χ1v) is 10.7. The zero-order valence-electron chi connectivity index (χ0n) is 17.1. The minimum Gasteiger partial charge on any atom is -0.355 e. The Morgan fingerprint density at radius 2 is 1.72 bits per heavy atom. The Labute approximate surface area is 171 Å². The van der Waals surface area contributed by atoms with Crippen LogP contribution in [0.2, 0.25) is 0 Å². The summed E-state index contributed by atoms with van der Waals surface area (Å²) in [5, 5.41) is 6.78. The Balaban J connectivity index is 1.66. The molecule has 1 aromatic rings. The van der Waals surface area contributed by atoms with E-state index in [2.05, 4.69) is 28.4 Å². The van der Waals surface area contributed by atoms with Crippen LogP contribution in [0.25, 0.3) is 5.70 Å². The van der Waals surface area contributed by atoms with E-state index in [1.165, 1.54) is 50.9 Å². The number of hydrogen-bond donors (Lipinski definition) is 0. The predicted octanol–water partition coefficient (Wildman–Crippen LogP) is 4.58. The fourth-order valence-electron chi connectivity index (χ4n) is 4.31. The van der Waals surface area contributed by atoms with E-state index < -0.39 is 6.08 Å². The molecule has 1 saturated heterocycles. The molecule has 0 unspecified atom stereocenters. The highest BCUT2D eigenvalue weighted by Crippen LogP contribution is 2.29. The molecule has 3 aliphatic rings. The van der Waals surface area contributed by atoms with Crippen LogP contribution >= 0.6 is 0 Å². The third-order valence-electron chi connectivity index (χ3n) is 6.04. The SMILES string of the molecule is C=C1C(N2CCCCC2)=NC(c2cnc(F)nc2)=CN1/N=C(\C)C1CCCCC1. The lowest BCUT2D eigenvalue weighted by molar-refractivity contribution is 0.333. The summed E-state index contributed by atoms with van der Waals surface area (Å²) in [6.45, 7) is 8.34. The van der Waals surface area contributed by atoms with Crippen molar-refractivity contribution in [2.75, 3.05) is 13.1 Å². The van der Waals surface area contributed by atoms with Gasteiger partial charge in [-0.15, -0.1) is 0 Å². The van der Waals surface area contributed by atoms with E-state index in [1.807, 2.05) is 11.2 Å². The van der Waals surface area contributed by atoms with E-state index in [0.29, 0.717) is 17.2 Å². The molecule has 0 spiro atoms. The predicted molar refractivity (Wildman–Crippen MR) is 113 cm³/mol. The monoisotopic (exact) mass is 396 g/mol. The van der Waals surface area contributed by atoms with E-state index in [9.17, 15) is 4.39 Å². The van der Waals surface area contributed by atoms with Crippen LogP contribution in [0.5, 0.6) is 0 Å². The van der Waals surface area contributed by atoms with Crippen molar-refractivity contribution < 1.29 is 4.39 Å². The van der Waals surface area contributed by atoms with Crippen LogP contribution in [0.3, 0.4) is 0 Å². The van der Waals surface area contributed by atoms with Gasteiger partial charge in [0.15, 0.2) is 5.84 Å². The van der Waals surface area contributed by atoms with E-state index in [1.54, 1.807) is 0 Å². The molecule has 154 valence electrons. The summed E-state index contributed by atoms with van der Waals surface area (Å²) in [7, 11) is 0. The lowest BCUT2D eigenvalue weighted by Crippen LogP contribution is -2.40. The average molecular weight is 397 g/mol. The quantitative estimate of drug-likeness (QED) is 0.554. The maximum absolute atomic E-state index is 13.2. The van der Waals surface area contributed by atoms with Gasteiger partial charge in [0.25, 0.3) is 0 Å². The Hall–Kier alpha value is -2.57. The number of piperidine rings is 1. The van der Waals surface area contributed by atoms with Crippen molar-refractivity contribution in [3.8, 4) is 0 Å². The highest BCUT2D eigenvalue weighted by Gasteiger charge is 2.26. The summed E-state index contributed by atoms with van der Waals surface area (Å²) in [5.41, 5.74) is 3.27. The maximum atomic E-state index is 13.2. The first-order valence-electron chi connectivity index (χ1n) is 10.7. The summed E-state index contributed by atoms with van der Waals surface area (Å²) < 4.78 is 13.2. The van der Waals surface area contributed by atoms with Crippen LogP contribution in [0.4, 0.5) is 4.39 Å². The third kappa shape index (κ3) is 4.54. The van der Waals surface area contributed by atoms with Crippen molar-refractivity contribution in [1.82, 2.24) is 19.9 Å². The van der Waals surface area contributed by atoms with Gasteiger partial charge in [-0.05, 0) is 44.9 Å². The minimum atomic E-state index is -0.738. The van der Waals surface area contributed by atoms with Gasteiger partial charge in [-0.25, -0.2) is 20.0 Å². The normalized spacial score (nSPS) is 21.9. The Kier molecular flexibility index (Phi) is 6.02. The minimum absolute atomic E-state index is 0.528. The molecule has 0 atom stereocenters. The molecule has 3 heterocycles. The van der Waals surface area contributed by atoms with Gasteiger partial charge in [0, 0.05) is 36.8 Å². The molecule has 6 nitrogen and oxygen atoms in total. The van der Waals surface area contributed by atoms with Crippen molar-refractivity contribution in [3.05, 3.63) is 42.5 Å². The fraction of sp³-hybridized carbons (Fsp3) is 0.545. The molecule has 4 rings (SSSR count). The van der Waals surface area contributed by atoms with Crippen LogP contribution in [-0.4, -0.2) is 44.5 Å². The van der Waals surface area contributed by atoms with Crippen LogP contribution in [0.15, 0.2) is 41.0 Å².